The van der Waals surface area contributed by atoms with Crippen LogP contribution in [0.1, 0.15) is 42.7 Å². The van der Waals surface area contributed by atoms with Crippen molar-refractivity contribution in [3.8, 4) is 11.8 Å². The highest BCUT2D eigenvalue weighted by molar-refractivity contribution is 5.44. The molecule has 0 amide bonds. The smallest absolute Gasteiger partial charge is 0.122 e. The van der Waals surface area contributed by atoms with Gasteiger partial charge in [0.15, 0.2) is 0 Å². The first-order chi connectivity index (χ1) is 7.35. The zero-order valence-corrected chi connectivity index (χ0v) is 8.99. The normalized spacial score (nSPS) is 16.3. The number of hydrogen-bond donors (Lipinski definition) is 0. The Morgan fingerprint density at radius 1 is 1.33 bits per heavy atom. The van der Waals surface area contributed by atoms with Crippen molar-refractivity contribution in [2.24, 2.45) is 0 Å². The van der Waals surface area contributed by atoms with Crippen LogP contribution in [0.4, 0.5) is 0 Å². The molecule has 1 fully saturated rings. The summed E-state index contributed by atoms with van der Waals surface area (Å²) in [5.74, 6) is 1.52. The second kappa shape index (κ2) is 4.35. The fourth-order valence-corrected chi connectivity index (χ4v) is 2.36. The van der Waals surface area contributed by atoms with Gasteiger partial charge in [0.1, 0.15) is 5.75 Å². The molecule has 78 valence electrons. The van der Waals surface area contributed by atoms with Crippen molar-refractivity contribution in [3.63, 3.8) is 0 Å². The van der Waals surface area contributed by atoms with Crippen LogP contribution in [0, 0.1) is 11.3 Å². The summed E-state index contributed by atoms with van der Waals surface area (Å²) in [5, 5.41) is 8.88. The minimum Gasteiger partial charge on any atom is -0.496 e. The van der Waals surface area contributed by atoms with Gasteiger partial charge in [-0.05, 0) is 42.5 Å². The van der Waals surface area contributed by atoms with E-state index in [1.807, 2.05) is 18.2 Å². The SMILES string of the molecule is COc1ccc(C#N)cc1C1CCCC1. The molecule has 0 aromatic heterocycles. The average molecular weight is 201 g/mol. The van der Waals surface area contributed by atoms with E-state index in [9.17, 15) is 0 Å². The van der Waals surface area contributed by atoms with Gasteiger partial charge >= 0.3 is 0 Å². The molecule has 2 heteroatoms. The minimum absolute atomic E-state index is 0.591. The third-order valence-electron chi connectivity index (χ3n) is 3.15. The standard InChI is InChI=1S/C13H15NO/c1-15-13-7-6-10(9-14)8-12(13)11-4-2-3-5-11/h6-8,11H,2-5H2,1H3. The molecule has 0 saturated heterocycles. The van der Waals surface area contributed by atoms with Crippen molar-refractivity contribution in [1.29, 1.82) is 5.26 Å². The molecule has 1 aliphatic rings. The summed E-state index contributed by atoms with van der Waals surface area (Å²) < 4.78 is 5.35. The van der Waals surface area contributed by atoms with E-state index in [1.165, 1.54) is 31.2 Å². The van der Waals surface area contributed by atoms with Gasteiger partial charge in [0.2, 0.25) is 0 Å². The third-order valence-corrected chi connectivity index (χ3v) is 3.15. The van der Waals surface area contributed by atoms with Crippen molar-refractivity contribution in [2.75, 3.05) is 7.11 Å². The quantitative estimate of drug-likeness (QED) is 0.736. The van der Waals surface area contributed by atoms with E-state index < -0.39 is 0 Å². The first kappa shape index (κ1) is 10.0. The molecular formula is C13H15NO. The number of ether oxygens (including phenoxy) is 1. The van der Waals surface area contributed by atoms with Crippen molar-refractivity contribution in [1.82, 2.24) is 0 Å². The number of hydrogen-bond acceptors (Lipinski definition) is 2. The second-order valence-corrected chi connectivity index (χ2v) is 4.05. The van der Waals surface area contributed by atoms with Crippen LogP contribution in [0.5, 0.6) is 5.75 Å². The maximum atomic E-state index is 8.88. The predicted molar refractivity (Wildman–Crippen MR) is 58.9 cm³/mol. The lowest BCUT2D eigenvalue weighted by Crippen LogP contribution is -1.97. The summed E-state index contributed by atoms with van der Waals surface area (Å²) in [7, 11) is 1.69. The highest BCUT2D eigenvalue weighted by atomic mass is 16.5. The molecule has 0 unspecified atom stereocenters. The second-order valence-electron chi connectivity index (χ2n) is 4.05. The van der Waals surface area contributed by atoms with Crippen LogP contribution in [-0.2, 0) is 0 Å². The van der Waals surface area contributed by atoms with E-state index in [0.717, 1.165) is 11.3 Å². The van der Waals surface area contributed by atoms with Gasteiger partial charge in [-0.1, -0.05) is 12.8 Å². The summed E-state index contributed by atoms with van der Waals surface area (Å²) >= 11 is 0. The van der Waals surface area contributed by atoms with E-state index in [2.05, 4.69) is 6.07 Å². The maximum Gasteiger partial charge on any atom is 0.122 e. The number of nitriles is 1. The van der Waals surface area contributed by atoms with Gasteiger partial charge in [0.05, 0.1) is 18.7 Å². The average Bonchev–Trinajstić information content (AvgIpc) is 2.81. The lowest BCUT2D eigenvalue weighted by Gasteiger charge is -2.14. The Morgan fingerprint density at radius 3 is 2.67 bits per heavy atom. The summed E-state index contributed by atoms with van der Waals surface area (Å²) in [6.07, 6.45) is 5.05. The molecule has 0 atom stereocenters. The molecular weight excluding hydrogens is 186 g/mol. The number of methoxy groups -OCH3 is 1. The molecule has 0 heterocycles. The van der Waals surface area contributed by atoms with Crippen molar-refractivity contribution >= 4 is 0 Å². The van der Waals surface area contributed by atoms with Crippen molar-refractivity contribution in [3.05, 3.63) is 29.3 Å². The lowest BCUT2D eigenvalue weighted by atomic mass is 9.95. The number of rotatable bonds is 2. The van der Waals surface area contributed by atoms with Gasteiger partial charge in [-0.25, -0.2) is 0 Å². The number of nitrogens with zero attached hydrogens (tertiary/aromatic N) is 1. The Bertz CT molecular complexity index is 386. The fourth-order valence-electron chi connectivity index (χ4n) is 2.36. The molecule has 15 heavy (non-hydrogen) atoms. The Morgan fingerprint density at radius 2 is 2.07 bits per heavy atom. The Kier molecular flexibility index (Phi) is 2.91. The molecule has 0 aliphatic heterocycles. The van der Waals surface area contributed by atoms with E-state index >= 15 is 0 Å². The zero-order chi connectivity index (χ0) is 10.7. The molecule has 0 spiro atoms. The fraction of sp³-hybridized carbons (Fsp3) is 0.462. The molecule has 2 nitrogen and oxygen atoms in total. The molecule has 0 radical (unpaired) electrons. The Labute approximate surface area is 90.5 Å². The Hall–Kier alpha value is -1.49. The van der Waals surface area contributed by atoms with E-state index in [1.54, 1.807) is 7.11 Å². The topological polar surface area (TPSA) is 33.0 Å². The molecule has 1 aromatic carbocycles. The third kappa shape index (κ3) is 1.97. The largest absolute Gasteiger partial charge is 0.496 e. The van der Waals surface area contributed by atoms with Gasteiger partial charge in [-0.2, -0.15) is 5.26 Å². The predicted octanol–water partition coefficient (Wildman–Crippen LogP) is 3.22. The van der Waals surface area contributed by atoms with Crippen LogP contribution in [-0.4, -0.2) is 7.11 Å². The summed E-state index contributed by atoms with van der Waals surface area (Å²) in [6, 6.07) is 7.89. The summed E-state index contributed by atoms with van der Waals surface area (Å²) in [6.45, 7) is 0. The van der Waals surface area contributed by atoms with Crippen molar-refractivity contribution in [2.45, 2.75) is 31.6 Å². The minimum atomic E-state index is 0.591. The van der Waals surface area contributed by atoms with Gasteiger partial charge in [-0.15, -0.1) is 0 Å². The molecule has 1 aliphatic carbocycles. The van der Waals surface area contributed by atoms with Crippen molar-refractivity contribution < 1.29 is 4.74 Å². The highest BCUT2D eigenvalue weighted by Gasteiger charge is 2.20. The van der Waals surface area contributed by atoms with Crippen LogP contribution in [0.15, 0.2) is 18.2 Å². The van der Waals surface area contributed by atoms with Gasteiger partial charge in [-0.3, -0.25) is 0 Å². The highest BCUT2D eigenvalue weighted by Crippen LogP contribution is 2.38. The van der Waals surface area contributed by atoms with E-state index in [4.69, 9.17) is 10.00 Å². The van der Waals surface area contributed by atoms with Gasteiger partial charge < -0.3 is 4.74 Å². The van der Waals surface area contributed by atoms with E-state index in [0.29, 0.717) is 5.92 Å². The maximum absolute atomic E-state index is 8.88. The van der Waals surface area contributed by atoms with Gasteiger partial charge in [0.25, 0.3) is 0 Å². The molecule has 1 saturated carbocycles. The van der Waals surface area contributed by atoms with Gasteiger partial charge in [0, 0.05) is 0 Å². The zero-order valence-electron chi connectivity index (χ0n) is 8.99. The van der Waals surface area contributed by atoms with Crippen LogP contribution in [0.3, 0.4) is 0 Å². The lowest BCUT2D eigenvalue weighted by molar-refractivity contribution is 0.405. The summed E-state index contributed by atoms with van der Waals surface area (Å²) in [5.41, 5.74) is 1.95. The molecule has 2 rings (SSSR count). The van der Waals surface area contributed by atoms with Crippen LogP contribution < -0.4 is 4.74 Å². The van der Waals surface area contributed by atoms with Crippen LogP contribution >= 0.6 is 0 Å². The summed E-state index contributed by atoms with van der Waals surface area (Å²) in [4.78, 5) is 0. The Balaban J connectivity index is 2.37. The van der Waals surface area contributed by atoms with Crippen LogP contribution in [0.25, 0.3) is 0 Å². The monoisotopic (exact) mass is 201 g/mol. The van der Waals surface area contributed by atoms with E-state index in [-0.39, 0.29) is 0 Å². The first-order valence-electron chi connectivity index (χ1n) is 5.43. The first-order valence-corrected chi connectivity index (χ1v) is 5.43. The number of benzene rings is 1. The van der Waals surface area contributed by atoms with Crippen LogP contribution in [0.2, 0.25) is 0 Å². The molecule has 1 aromatic rings. The molecule has 0 bridgehead atoms. The molecule has 0 N–H and O–H groups in total.